The Bertz CT molecular complexity index is 1960. The molecule has 0 saturated carbocycles. The minimum atomic E-state index is -0.969. The van der Waals surface area contributed by atoms with Crippen LogP contribution in [0.2, 0.25) is 0 Å². The number of nitrogens with zero attached hydrogens (tertiary/aromatic N) is 1. The predicted molar refractivity (Wildman–Crippen MR) is 208 cm³/mol. The van der Waals surface area contributed by atoms with Gasteiger partial charge in [0.05, 0.1) is 46.7 Å². The molecule has 10 heteroatoms. The number of amides is 2. The number of aliphatic hydroxyl groups is 1. The van der Waals surface area contributed by atoms with E-state index in [1.54, 1.807) is 14.2 Å². The topological polar surface area (TPSA) is 116 Å². The van der Waals surface area contributed by atoms with Gasteiger partial charge in [0.25, 0.3) is 0 Å². The average Bonchev–Trinajstić information content (AvgIpc) is 3.79. The van der Waals surface area contributed by atoms with Crippen LogP contribution in [0, 0.1) is 0 Å². The number of ether oxygens (including phenoxy) is 5. The standard InChI is InChI=1S/C45H46N2O8/c1-51-35-20-16-32(17-21-35)45(31-10-4-3-5-11-31,33-18-22-36(52-2)23-19-33)55-27-26-53-25-24-46-43(49)42-28-34(48)29-47(42)44(50)54-30-41-39-14-8-6-12-37(39)38-13-7-9-15-40(38)41/h3-23,34,41-42,48H,24-30H2,1-2H3,(H,46,49). The summed E-state index contributed by atoms with van der Waals surface area (Å²) in [6.45, 7) is 1.08. The first-order chi connectivity index (χ1) is 26.9. The van der Waals surface area contributed by atoms with Crippen LogP contribution in [0.3, 0.4) is 0 Å². The number of methoxy groups -OCH3 is 2. The molecule has 2 aliphatic rings. The van der Waals surface area contributed by atoms with Gasteiger partial charge in [-0.1, -0.05) is 103 Å². The van der Waals surface area contributed by atoms with Gasteiger partial charge in [0.15, 0.2) is 0 Å². The summed E-state index contributed by atoms with van der Waals surface area (Å²) in [5.41, 5.74) is 6.27. The quantitative estimate of drug-likeness (QED) is 0.0920. The highest BCUT2D eigenvalue weighted by molar-refractivity contribution is 5.86. The van der Waals surface area contributed by atoms with Crippen molar-refractivity contribution in [3.05, 3.63) is 155 Å². The van der Waals surface area contributed by atoms with Gasteiger partial charge < -0.3 is 34.1 Å². The molecule has 1 heterocycles. The summed E-state index contributed by atoms with van der Waals surface area (Å²) in [5.74, 6) is 0.994. The lowest BCUT2D eigenvalue weighted by Crippen LogP contribution is -2.47. The molecule has 2 unspecified atom stereocenters. The summed E-state index contributed by atoms with van der Waals surface area (Å²) in [6, 6.07) is 41.0. The lowest BCUT2D eigenvalue weighted by Gasteiger charge is -2.36. The van der Waals surface area contributed by atoms with Crippen LogP contribution in [0.15, 0.2) is 127 Å². The maximum absolute atomic E-state index is 13.3. The maximum atomic E-state index is 13.3. The van der Waals surface area contributed by atoms with Gasteiger partial charge in [-0.3, -0.25) is 9.69 Å². The highest BCUT2D eigenvalue weighted by atomic mass is 16.6. The molecule has 0 radical (unpaired) electrons. The molecule has 1 saturated heterocycles. The van der Waals surface area contributed by atoms with E-state index >= 15 is 0 Å². The molecule has 1 aliphatic carbocycles. The van der Waals surface area contributed by atoms with Gasteiger partial charge in [-0.15, -0.1) is 0 Å². The summed E-state index contributed by atoms with van der Waals surface area (Å²) >= 11 is 0. The zero-order valence-electron chi connectivity index (χ0n) is 31.1. The number of fused-ring (bicyclic) bond motifs is 3. The Hall–Kier alpha value is -5.68. The van der Waals surface area contributed by atoms with E-state index in [9.17, 15) is 14.7 Å². The van der Waals surface area contributed by atoms with Gasteiger partial charge in [-0.25, -0.2) is 4.79 Å². The van der Waals surface area contributed by atoms with Gasteiger partial charge >= 0.3 is 6.09 Å². The second kappa shape index (κ2) is 17.2. The van der Waals surface area contributed by atoms with Crippen LogP contribution < -0.4 is 14.8 Å². The van der Waals surface area contributed by atoms with E-state index in [0.717, 1.165) is 50.4 Å². The van der Waals surface area contributed by atoms with E-state index in [0.29, 0.717) is 0 Å². The molecular formula is C45H46N2O8. The monoisotopic (exact) mass is 742 g/mol. The molecule has 0 bridgehead atoms. The van der Waals surface area contributed by atoms with Crippen molar-refractivity contribution in [2.24, 2.45) is 0 Å². The molecule has 0 spiro atoms. The van der Waals surface area contributed by atoms with Crippen molar-refractivity contribution in [2.45, 2.75) is 30.1 Å². The van der Waals surface area contributed by atoms with Gasteiger partial charge in [-0.05, 0) is 63.2 Å². The van der Waals surface area contributed by atoms with Gasteiger partial charge in [-0.2, -0.15) is 0 Å². The highest BCUT2D eigenvalue weighted by Crippen LogP contribution is 2.45. The zero-order chi connectivity index (χ0) is 38.2. The van der Waals surface area contributed by atoms with Crippen molar-refractivity contribution in [1.29, 1.82) is 0 Å². The minimum absolute atomic E-state index is 0.0220. The largest absolute Gasteiger partial charge is 0.497 e. The van der Waals surface area contributed by atoms with Crippen LogP contribution in [0.5, 0.6) is 11.5 Å². The smallest absolute Gasteiger partial charge is 0.410 e. The number of rotatable bonds is 15. The first-order valence-corrected chi connectivity index (χ1v) is 18.6. The zero-order valence-corrected chi connectivity index (χ0v) is 31.1. The lowest BCUT2D eigenvalue weighted by atomic mass is 9.80. The van der Waals surface area contributed by atoms with E-state index in [1.165, 1.54) is 4.90 Å². The van der Waals surface area contributed by atoms with Crippen LogP contribution in [-0.4, -0.2) is 87.9 Å². The molecule has 1 fully saturated rings. The molecule has 2 N–H and O–H groups in total. The van der Waals surface area contributed by atoms with Gasteiger partial charge in [0.1, 0.15) is 29.7 Å². The van der Waals surface area contributed by atoms with E-state index < -0.39 is 23.8 Å². The number of carbonyl (C=O) groups is 2. The minimum Gasteiger partial charge on any atom is -0.497 e. The molecule has 0 aromatic heterocycles. The predicted octanol–water partition coefficient (Wildman–Crippen LogP) is 6.53. The number of hydrogen-bond acceptors (Lipinski definition) is 8. The molecule has 2 atom stereocenters. The average molecular weight is 743 g/mol. The number of nitrogens with one attached hydrogen (secondary N) is 1. The fourth-order valence-electron chi connectivity index (χ4n) is 7.74. The second-order valence-corrected chi connectivity index (χ2v) is 13.6. The SMILES string of the molecule is COc1ccc(C(OCCOCCNC(=O)C2CC(O)CN2C(=O)OCC2c3ccccc3-c3ccccc32)(c2ccccc2)c2ccc(OC)cc2)cc1. The van der Waals surface area contributed by atoms with Crippen LogP contribution in [0.25, 0.3) is 11.1 Å². The molecular weight excluding hydrogens is 697 g/mol. The molecule has 5 aromatic rings. The third-order valence-electron chi connectivity index (χ3n) is 10.4. The van der Waals surface area contributed by atoms with E-state index in [-0.39, 0.29) is 57.8 Å². The first kappa shape index (κ1) is 37.6. The van der Waals surface area contributed by atoms with E-state index in [4.69, 9.17) is 23.7 Å². The van der Waals surface area contributed by atoms with Crippen molar-refractivity contribution < 1.29 is 38.4 Å². The normalized spacial score (nSPS) is 16.3. The Labute approximate surface area is 321 Å². The van der Waals surface area contributed by atoms with Gasteiger partial charge in [0, 0.05) is 18.9 Å². The van der Waals surface area contributed by atoms with Crippen molar-refractivity contribution in [1.82, 2.24) is 10.2 Å². The fourth-order valence-corrected chi connectivity index (χ4v) is 7.74. The molecule has 1 aliphatic heterocycles. The Morgan fingerprint density at radius 1 is 0.709 bits per heavy atom. The Morgan fingerprint density at radius 2 is 1.25 bits per heavy atom. The van der Waals surface area contributed by atoms with E-state index in [1.807, 2.05) is 103 Å². The molecule has 5 aromatic carbocycles. The highest BCUT2D eigenvalue weighted by Gasteiger charge is 2.41. The molecule has 10 nitrogen and oxygen atoms in total. The Balaban J connectivity index is 0.943. The van der Waals surface area contributed by atoms with Crippen LogP contribution in [0.4, 0.5) is 4.79 Å². The molecule has 7 rings (SSSR count). The molecule has 284 valence electrons. The molecule has 55 heavy (non-hydrogen) atoms. The number of β-amino-alcohol motifs (C(OH)–C–C–N with tert-alkyl or cyclic N) is 1. The van der Waals surface area contributed by atoms with E-state index in [2.05, 4.69) is 29.6 Å². The number of benzene rings is 5. The van der Waals surface area contributed by atoms with Crippen molar-refractivity contribution >= 4 is 12.0 Å². The third-order valence-corrected chi connectivity index (χ3v) is 10.4. The summed E-state index contributed by atoms with van der Waals surface area (Å²) in [6.07, 6.45) is -1.32. The number of hydrogen-bond donors (Lipinski definition) is 2. The molecule has 2 amide bonds. The fraction of sp³-hybridized carbons (Fsp3) is 0.289. The van der Waals surface area contributed by atoms with Gasteiger partial charge in [0.2, 0.25) is 5.91 Å². The van der Waals surface area contributed by atoms with Crippen molar-refractivity contribution in [3.8, 4) is 22.6 Å². The number of carbonyl (C=O) groups excluding carboxylic acids is 2. The lowest BCUT2D eigenvalue weighted by molar-refractivity contribution is -0.125. The van der Waals surface area contributed by atoms with Crippen molar-refractivity contribution in [3.63, 3.8) is 0 Å². The summed E-state index contributed by atoms with van der Waals surface area (Å²) in [5, 5.41) is 13.3. The van der Waals surface area contributed by atoms with Crippen molar-refractivity contribution in [2.75, 3.05) is 53.7 Å². The van der Waals surface area contributed by atoms with Crippen LogP contribution >= 0.6 is 0 Å². The first-order valence-electron chi connectivity index (χ1n) is 18.6. The summed E-state index contributed by atoms with van der Waals surface area (Å²) < 4.78 is 29.4. The second-order valence-electron chi connectivity index (χ2n) is 13.6. The van der Waals surface area contributed by atoms with Crippen LogP contribution in [-0.2, 0) is 24.6 Å². The van der Waals surface area contributed by atoms with Crippen LogP contribution in [0.1, 0.15) is 40.2 Å². The maximum Gasteiger partial charge on any atom is 0.410 e. The Kier molecular flexibility index (Phi) is 11.8. The third kappa shape index (κ3) is 7.93. The summed E-state index contributed by atoms with van der Waals surface area (Å²) in [4.78, 5) is 28.0. The number of likely N-dealkylation sites (tertiary alicyclic amines) is 1. The Morgan fingerprint density at radius 3 is 1.84 bits per heavy atom. The number of aliphatic hydroxyl groups excluding tert-OH is 1. The summed E-state index contributed by atoms with van der Waals surface area (Å²) in [7, 11) is 3.27.